The van der Waals surface area contributed by atoms with Crippen LogP contribution in [0.2, 0.25) is 5.02 Å². The summed E-state index contributed by atoms with van der Waals surface area (Å²) in [4.78, 5) is 7.83. The highest BCUT2D eigenvalue weighted by molar-refractivity contribution is 9.10. The van der Waals surface area contributed by atoms with E-state index in [0.717, 1.165) is 4.47 Å². The molecule has 0 aliphatic rings. The van der Waals surface area contributed by atoms with Crippen LogP contribution in [-0.2, 0) is 0 Å². The van der Waals surface area contributed by atoms with Gasteiger partial charge in [-0.1, -0.05) is 27.5 Å². The Balaban J connectivity index is 2.30. The molecule has 0 amide bonds. The number of nitrogens with zero attached hydrogens (tertiary/aromatic N) is 2. The van der Waals surface area contributed by atoms with Crippen molar-refractivity contribution in [3.8, 4) is 11.8 Å². The van der Waals surface area contributed by atoms with Gasteiger partial charge in [-0.2, -0.15) is 4.98 Å². The Morgan fingerprint density at radius 2 is 2.12 bits per heavy atom. The van der Waals surface area contributed by atoms with Gasteiger partial charge in [0.2, 0.25) is 0 Å². The second kappa shape index (κ2) is 4.67. The van der Waals surface area contributed by atoms with E-state index in [1.807, 2.05) is 6.07 Å². The number of ether oxygens (including phenoxy) is 1. The lowest BCUT2D eigenvalue weighted by molar-refractivity contribution is 0.442. The zero-order valence-electron chi connectivity index (χ0n) is 8.02. The van der Waals surface area contributed by atoms with E-state index in [9.17, 15) is 0 Å². The summed E-state index contributed by atoms with van der Waals surface area (Å²) in [5.74, 6) is 0.817. The van der Waals surface area contributed by atoms with Crippen molar-refractivity contribution in [1.29, 1.82) is 0 Å². The van der Waals surface area contributed by atoms with Gasteiger partial charge in [0.05, 0.1) is 5.02 Å². The molecule has 2 aromatic rings. The van der Waals surface area contributed by atoms with Gasteiger partial charge in [-0.05, 0) is 24.3 Å². The van der Waals surface area contributed by atoms with Crippen LogP contribution in [0.15, 0.2) is 34.9 Å². The first-order valence-electron chi connectivity index (χ1n) is 4.36. The first-order valence-corrected chi connectivity index (χ1v) is 5.53. The summed E-state index contributed by atoms with van der Waals surface area (Å²) < 4.78 is 6.26. The number of anilines is 1. The minimum absolute atomic E-state index is 0.167. The first kappa shape index (κ1) is 11.2. The number of nitrogen functional groups attached to an aromatic ring is 1. The monoisotopic (exact) mass is 299 g/mol. The highest BCUT2D eigenvalue weighted by Gasteiger charge is 2.06. The van der Waals surface area contributed by atoms with Crippen LogP contribution in [0.1, 0.15) is 0 Å². The molecule has 0 spiro atoms. The fourth-order valence-corrected chi connectivity index (χ4v) is 1.55. The Labute approximate surface area is 106 Å². The summed E-state index contributed by atoms with van der Waals surface area (Å²) in [6, 6.07) is 7.01. The van der Waals surface area contributed by atoms with Gasteiger partial charge in [-0.3, -0.25) is 0 Å². The van der Waals surface area contributed by atoms with Crippen LogP contribution < -0.4 is 10.5 Å². The quantitative estimate of drug-likeness (QED) is 0.924. The van der Waals surface area contributed by atoms with E-state index in [1.54, 1.807) is 18.2 Å². The molecule has 0 fully saturated rings. The van der Waals surface area contributed by atoms with E-state index >= 15 is 0 Å². The summed E-state index contributed by atoms with van der Waals surface area (Å²) in [7, 11) is 0. The fraction of sp³-hybridized carbons (Fsp3) is 0. The topological polar surface area (TPSA) is 61.0 Å². The molecule has 2 N–H and O–H groups in total. The minimum atomic E-state index is 0.167. The average Bonchev–Trinajstić information content (AvgIpc) is 2.24. The molecule has 1 aromatic heterocycles. The Morgan fingerprint density at radius 1 is 1.31 bits per heavy atom. The Hall–Kier alpha value is -1.33. The maximum atomic E-state index is 5.95. The molecular formula is C10H7BrClN3O. The van der Waals surface area contributed by atoms with E-state index in [-0.39, 0.29) is 6.01 Å². The molecule has 2 rings (SSSR count). The molecule has 0 atom stereocenters. The number of aromatic nitrogens is 2. The number of benzene rings is 1. The van der Waals surface area contributed by atoms with Gasteiger partial charge in [0.15, 0.2) is 5.75 Å². The van der Waals surface area contributed by atoms with Gasteiger partial charge >= 0.3 is 6.01 Å². The Morgan fingerprint density at radius 3 is 2.88 bits per heavy atom. The van der Waals surface area contributed by atoms with E-state index in [1.165, 1.54) is 6.20 Å². The van der Waals surface area contributed by atoms with Gasteiger partial charge in [-0.15, -0.1) is 0 Å². The summed E-state index contributed by atoms with van der Waals surface area (Å²) in [6.07, 6.45) is 1.52. The predicted molar refractivity (Wildman–Crippen MR) is 65.7 cm³/mol. The van der Waals surface area contributed by atoms with Crippen molar-refractivity contribution >= 4 is 33.3 Å². The molecule has 0 saturated heterocycles. The van der Waals surface area contributed by atoms with Crippen LogP contribution in [0.5, 0.6) is 11.8 Å². The molecular weight excluding hydrogens is 293 g/mol. The number of halogens is 2. The average molecular weight is 301 g/mol. The van der Waals surface area contributed by atoms with Crippen LogP contribution in [0, 0.1) is 0 Å². The Bertz CT molecular complexity index is 521. The van der Waals surface area contributed by atoms with Crippen molar-refractivity contribution < 1.29 is 4.74 Å². The van der Waals surface area contributed by atoms with Gasteiger partial charge < -0.3 is 10.5 Å². The van der Waals surface area contributed by atoms with Crippen LogP contribution in [0.25, 0.3) is 0 Å². The molecule has 0 unspecified atom stereocenters. The minimum Gasteiger partial charge on any atom is -0.423 e. The summed E-state index contributed by atoms with van der Waals surface area (Å²) in [5, 5.41) is 0.481. The number of nitrogens with two attached hydrogens (primary N) is 1. The van der Waals surface area contributed by atoms with Crippen LogP contribution >= 0.6 is 27.5 Å². The summed E-state index contributed by atoms with van der Waals surface area (Å²) >= 11 is 9.27. The lowest BCUT2D eigenvalue weighted by Crippen LogP contribution is -1.95. The van der Waals surface area contributed by atoms with Crippen molar-refractivity contribution in [2.24, 2.45) is 0 Å². The molecule has 0 saturated carbocycles. The van der Waals surface area contributed by atoms with Crippen LogP contribution in [-0.4, -0.2) is 9.97 Å². The van der Waals surface area contributed by atoms with Crippen molar-refractivity contribution in [1.82, 2.24) is 9.97 Å². The van der Waals surface area contributed by atoms with Gasteiger partial charge in [0.1, 0.15) is 5.82 Å². The largest absolute Gasteiger partial charge is 0.423 e. The van der Waals surface area contributed by atoms with E-state index in [2.05, 4.69) is 25.9 Å². The van der Waals surface area contributed by atoms with Crippen molar-refractivity contribution in [3.63, 3.8) is 0 Å². The van der Waals surface area contributed by atoms with E-state index in [0.29, 0.717) is 16.6 Å². The van der Waals surface area contributed by atoms with Crippen molar-refractivity contribution in [2.75, 3.05) is 5.73 Å². The number of hydrogen-bond acceptors (Lipinski definition) is 4. The second-order valence-corrected chi connectivity index (χ2v) is 4.26. The van der Waals surface area contributed by atoms with Crippen LogP contribution in [0.3, 0.4) is 0 Å². The number of hydrogen-bond donors (Lipinski definition) is 1. The molecule has 82 valence electrons. The van der Waals surface area contributed by atoms with Crippen molar-refractivity contribution in [2.45, 2.75) is 0 Å². The first-order chi connectivity index (χ1) is 7.65. The molecule has 0 aliphatic heterocycles. The third kappa shape index (κ3) is 2.62. The smallest absolute Gasteiger partial charge is 0.323 e. The highest BCUT2D eigenvalue weighted by atomic mass is 79.9. The zero-order valence-corrected chi connectivity index (χ0v) is 10.4. The third-order valence-corrected chi connectivity index (χ3v) is 2.56. The lowest BCUT2D eigenvalue weighted by atomic mass is 10.3. The maximum Gasteiger partial charge on any atom is 0.323 e. The predicted octanol–water partition coefficient (Wildman–Crippen LogP) is 3.27. The summed E-state index contributed by atoms with van der Waals surface area (Å²) in [5.41, 5.74) is 5.51. The molecule has 6 heteroatoms. The fourth-order valence-electron chi connectivity index (χ4n) is 1.06. The van der Waals surface area contributed by atoms with E-state index < -0.39 is 0 Å². The lowest BCUT2D eigenvalue weighted by Gasteiger charge is -2.06. The highest BCUT2D eigenvalue weighted by Crippen LogP contribution is 2.30. The molecule has 0 bridgehead atoms. The molecule has 1 heterocycles. The van der Waals surface area contributed by atoms with Gasteiger partial charge in [-0.25, -0.2) is 4.98 Å². The SMILES string of the molecule is Nc1ccnc(Oc2cc(Br)ccc2Cl)n1. The molecule has 0 aliphatic carbocycles. The summed E-state index contributed by atoms with van der Waals surface area (Å²) in [6.45, 7) is 0. The third-order valence-electron chi connectivity index (χ3n) is 1.75. The van der Waals surface area contributed by atoms with Crippen LogP contribution in [0.4, 0.5) is 5.82 Å². The van der Waals surface area contributed by atoms with E-state index in [4.69, 9.17) is 22.1 Å². The molecule has 4 nitrogen and oxygen atoms in total. The normalized spacial score (nSPS) is 10.1. The van der Waals surface area contributed by atoms with Gasteiger partial charge in [0, 0.05) is 10.7 Å². The number of rotatable bonds is 2. The molecule has 16 heavy (non-hydrogen) atoms. The second-order valence-electron chi connectivity index (χ2n) is 2.94. The zero-order chi connectivity index (χ0) is 11.5. The maximum absolute atomic E-state index is 5.95. The molecule has 0 radical (unpaired) electrons. The van der Waals surface area contributed by atoms with Gasteiger partial charge in [0.25, 0.3) is 0 Å². The van der Waals surface area contributed by atoms with Crippen molar-refractivity contribution in [3.05, 3.63) is 40.0 Å². The molecule has 1 aromatic carbocycles. The Kier molecular flexibility index (Phi) is 3.26. The standard InChI is InChI=1S/C10H7BrClN3O/c11-6-1-2-7(12)8(5-6)16-10-14-4-3-9(13)15-10/h1-5H,(H2,13,14,15).